The summed E-state index contributed by atoms with van der Waals surface area (Å²) in [7, 11) is 0. The van der Waals surface area contributed by atoms with E-state index < -0.39 is 0 Å². The zero-order chi connectivity index (χ0) is 21.5. The van der Waals surface area contributed by atoms with E-state index in [1.165, 1.54) is 12.5 Å². The summed E-state index contributed by atoms with van der Waals surface area (Å²) < 4.78 is 0. The molecule has 0 aliphatic heterocycles. The van der Waals surface area contributed by atoms with Crippen molar-refractivity contribution in [1.29, 1.82) is 0 Å². The molecule has 3 heteroatoms. The van der Waals surface area contributed by atoms with Crippen LogP contribution in [0.3, 0.4) is 0 Å². The van der Waals surface area contributed by atoms with Gasteiger partial charge in [0.2, 0.25) is 0 Å². The average Bonchev–Trinajstić information content (AvgIpc) is 2.69. The maximum Gasteiger partial charge on any atom is 0.158 e. The predicted molar refractivity (Wildman–Crippen MR) is 124 cm³/mol. The van der Waals surface area contributed by atoms with Crippen LogP contribution in [0.1, 0.15) is 66.7 Å². The van der Waals surface area contributed by atoms with Gasteiger partial charge in [-0.2, -0.15) is 0 Å². The van der Waals surface area contributed by atoms with Crippen LogP contribution in [0.25, 0.3) is 0 Å². The van der Waals surface area contributed by atoms with Crippen molar-refractivity contribution in [2.24, 2.45) is 5.92 Å². The topological polar surface area (TPSA) is 32.3 Å². The van der Waals surface area contributed by atoms with Crippen LogP contribution in [0.2, 0.25) is 0 Å². The molecule has 0 aliphatic rings. The highest BCUT2D eigenvalue weighted by molar-refractivity contribution is 5.91. The Morgan fingerprint density at radius 2 is 1.56 bits per heavy atom. The maximum absolute atomic E-state index is 11.9. The SMILES string of the molecule is C=CC(=C)N(CCC)CCC(CCNCC)C(=O)C=C.C=CCC.CCC. The third-order valence-corrected chi connectivity index (χ3v) is 3.69. The molecule has 0 rings (SSSR count). The summed E-state index contributed by atoms with van der Waals surface area (Å²) in [6.07, 6.45) is 10.2. The Labute approximate surface area is 170 Å². The van der Waals surface area contributed by atoms with Crippen LogP contribution in [-0.4, -0.2) is 36.9 Å². The molecule has 0 spiro atoms. The van der Waals surface area contributed by atoms with Gasteiger partial charge in [0.15, 0.2) is 5.78 Å². The standard InChI is InChI=1S/C17H30N2O.C4H8.C3H8/c1-6-13-19(15(5)7-2)14-11-16(17(20)8-3)10-12-18-9-4;1-3-4-2;1-3-2/h7-8,16,18H,2-3,5-6,9-14H2,1,4H3;3H,1,4H2,2H3;3H2,1-2H3. The monoisotopic (exact) mass is 378 g/mol. The Hall–Kier alpha value is -1.61. The second-order valence-corrected chi connectivity index (χ2v) is 6.32. The third-order valence-electron chi connectivity index (χ3n) is 3.69. The van der Waals surface area contributed by atoms with Gasteiger partial charge >= 0.3 is 0 Å². The van der Waals surface area contributed by atoms with E-state index in [9.17, 15) is 4.79 Å². The number of hydrogen-bond donors (Lipinski definition) is 1. The quantitative estimate of drug-likeness (QED) is 0.170. The Morgan fingerprint density at radius 3 is 1.93 bits per heavy atom. The van der Waals surface area contributed by atoms with Crippen molar-refractivity contribution in [3.05, 3.63) is 50.2 Å². The van der Waals surface area contributed by atoms with Gasteiger partial charge in [0, 0.05) is 24.7 Å². The largest absolute Gasteiger partial charge is 0.372 e. The molecule has 3 nitrogen and oxygen atoms in total. The lowest BCUT2D eigenvalue weighted by Gasteiger charge is -2.26. The Morgan fingerprint density at radius 1 is 1.00 bits per heavy atom. The van der Waals surface area contributed by atoms with Crippen LogP contribution in [0.4, 0.5) is 0 Å². The van der Waals surface area contributed by atoms with Crippen LogP contribution < -0.4 is 5.32 Å². The van der Waals surface area contributed by atoms with Gasteiger partial charge in [-0.1, -0.05) is 66.9 Å². The lowest BCUT2D eigenvalue weighted by atomic mass is 9.95. The second kappa shape index (κ2) is 24.4. The van der Waals surface area contributed by atoms with Gasteiger partial charge in [0.25, 0.3) is 0 Å². The number of carbonyl (C=O) groups is 1. The van der Waals surface area contributed by atoms with E-state index in [-0.39, 0.29) is 11.7 Å². The molecule has 0 saturated heterocycles. The summed E-state index contributed by atoms with van der Waals surface area (Å²) in [5, 5.41) is 3.27. The number of hydrogen-bond acceptors (Lipinski definition) is 3. The molecule has 1 N–H and O–H groups in total. The molecule has 1 atom stereocenters. The minimum absolute atomic E-state index is 0.0449. The summed E-state index contributed by atoms with van der Waals surface area (Å²) in [5.41, 5.74) is 0.934. The van der Waals surface area contributed by atoms with E-state index >= 15 is 0 Å². The lowest BCUT2D eigenvalue weighted by Crippen LogP contribution is -2.28. The lowest BCUT2D eigenvalue weighted by molar-refractivity contribution is -0.118. The van der Waals surface area contributed by atoms with Gasteiger partial charge in [-0.3, -0.25) is 4.79 Å². The van der Waals surface area contributed by atoms with Crippen molar-refractivity contribution < 1.29 is 4.79 Å². The highest BCUT2D eigenvalue weighted by Gasteiger charge is 2.16. The molecule has 0 amide bonds. The van der Waals surface area contributed by atoms with E-state index in [2.05, 4.69) is 71.2 Å². The molecule has 0 aromatic rings. The predicted octanol–water partition coefficient (Wildman–Crippen LogP) is 6.16. The van der Waals surface area contributed by atoms with Gasteiger partial charge in [-0.15, -0.1) is 6.58 Å². The van der Waals surface area contributed by atoms with Gasteiger partial charge < -0.3 is 10.2 Å². The van der Waals surface area contributed by atoms with Crippen LogP contribution in [0.15, 0.2) is 50.2 Å². The van der Waals surface area contributed by atoms with Crippen LogP contribution in [0.5, 0.6) is 0 Å². The summed E-state index contributed by atoms with van der Waals surface area (Å²) in [6, 6.07) is 0. The number of nitrogens with zero attached hydrogens (tertiary/aromatic N) is 1. The number of rotatable bonds is 14. The molecule has 0 saturated carbocycles. The van der Waals surface area contributed by atoms with E-state index in [4.69, 9.17) is 0 Å². The fraction of sp³-hybridized carbons (Fsp3) is 0.625. The molecule has 158 valence electrons. The summed E-state index contributed by atoms with van der Waals surface area (Å²) in [5.74, 6) is 0.187. The van der Waals surface area contributed by atoms with Crippen molar-refractivity contribution >= 4 is 5.78 Å². The highest BCUT2D eigenvalue weighted by Crippen LogP contribution is 2.14. The molecule has 0 aromatic heterocycles. The fourth-order valence-corrected chi connectivity index (χ4v) is 2.16. The van der Waals surface area contributed by atoms with Gasteiger partial charge in [0.1, 0.15) is 0 Å². The highest BCUT2D eigenvalue weighted by atomic mass is 16.1. The number of carbonyl (C=O) groups excluding carboxylic acids is 1. The van der Waals surface area contributed by atoms with Crippen LogP contribution >= 0.6 is 0 Å². The first-order valence-corrected chi connectivity index (χ1v) is 10.5. The first-order chi connectivity index (χ1) is 12.9. The Kier molecular flexibility index (Phi) is 27.2. The molecular weight excluding hydrogens is 332 g/mol. The van der Waals surface area contributed by atoms with E-state index in [0.29, 0.717) is 0 Å². The van der Waals surface area contributed by atoms with Crippen LogP contribution in [0, 0.1) is 5.92 Å². The Bertz CT molecular complexity index is 388. The molecule has 27 heavy (non-hydrogen) atoms. The van der Waals surface area contributed by atoms with E-state index in [1.54, 1.807) is 6.08 Å². The van der Waals surface area contributed by atoms with E-state index in [1.807, 2.05) is 6.08 Å². The third kappa shape index (κ3) is 20.6. The van der Waals surface area contributed by atoms with Crippen molar-refractivity contribution in [2.45, 2.75) is 66.7 Å². The van der Waals surface area contributed by atoms with Gasteiger partial charge in [0.05, 0.1) is 0 Å². The van der Waals surface area contributed by atoms with Crippen molar-refractivity contribution in [1.82, 2.24) is 10.2 Å². The summed E-state index contributed by atoms with van der Waals surface area (Å²) in [6.45, 7) is 29.0. The second-order valence-electron chi connectivity index (χ2n) is 6.32. The first kappa shape index (κ1) is 30.1. The normalized spacial score (nSPS) is 10.3. The molecule has 0 bridgehead atoms. The molecule has 1 unspecified atom stereocenters. The molecule has 0 fully saturated rings. The average molecular weight is 379 g/mol. The molecular formula is C24H46N2O. The molecule has 0 heterocycles. The smallest absolute Gasteiger partial charge is 0.158 e. The zero-order valence-corrected chi connectivity index (χ0v) is 18.9. The minimum atomic E-state index is 0.0449. The zero-order valence-electron chi connectivity index (χ0n) is 18.9. The van der Waals surface area contributed by atoms with Crippen molar-refractivity contribution in [3.8, 4) is 0 Å². The van der Waals surface area contributed by atoms with E-state index in [0.717, 1.165) is 57.6 Å². The minimum Gasteiger partial charge on any atom is -0.372 e. The number of allylic oxidation sites excluding steroid dienone is 3. The first-order valence-electron chi connectivity index (χ1n) is 10.5. The number of ketones is 1. The van der Waals surface area contributed by atoms with Crippen molar-refractivity contribution in [2.75, 3.05) is 26.2 Å². The van der Waals surface area contributed by atoms with Gasteiger partial charge in [-0.25, -0.2) is 0 Å². The summed E-state index contributed by atoms with van der Waals surface area (Å²) >= 11 is 0. The van der Waals surface area contributed by atoms with Gasteiger partial charge in [-0.05, 0) is 50.9 Å². The molecule has 0 radical (unpaired) electrons. The maximum atomic E-state index is 11.9. The summed E-state index contributed by atoms with van der Waals surface area (Å²) in [4.78, 5) is 14.1. The van der Waals surface area contributed by atoms with Crippen molar-refractivity contribution in [3.63, 3.8) is 0 Å². The fourth-order valence-electron chi connectivity index (χ4n) is 2.16. The number of nitrogens with one attached hydrogen (secondary N) is 1. The molecule has 0 aliphatic carbocycles. The Balaban J connectivity index is -0.000000703. The van der Waals surface area contributed by atoms with Crippen LogP contribution in [-0.2, 0) is 4.79 Å². The molecule has 0 aromatic carbocycles.